The van der Waals surface area contributed by atoms with Crippen molar-refractivity contribution >= 4 is 11.9 Å². The minimum atomic E-state index is -0.871. The molecule has 1 aliphatic carbocycles. The minimum absolute atomic E-state index is 0.0270. The molecular formula is C19H25NO4. The van der Waals surface area contributed by atoms with Gasteiger partial charge in [-0.1, -0.05) is 24.6 Å². The Bertz CT molecular complexity index is 628. The number of hydrogen-bond acceptors (Lipinski definition) is 3. The maximum Gasteiger partial charge on any atom is 0.326 e. The molecule has 2 fully saturated rings. The van der Waals surface area contributed by atoms with E-state index in [2.05, 4.69) is 0 Å². The fourth-order valence-corrected chi connectivity index (χ4v) is 4.16. The van der Waals surface area contributed by atoms with Gasteiger partial charge in [0, 0.05) is 12.1 Å². The van der Waals surface area contributed by atoms with Gasteiger partial charge in [0.2, 0.25) is 5.91 Å². The monoisotopic (exact) mass is 331 g/mol. The fourth-order valence-electron chi connectivity index (χ4n) is 4.16. The minimum Gasteiger partial charge on any atom is -0.491 e. The summed E-state index contributed by atoms with van der Waals surface area (Å²) in [6.07, 6.45) is 3.24. The van der Waals surface area contributed by atoms with Crippen molar-refractivity contribution in [3.63, 3.8) is 0 Å². The highest BCUT2D eigenvalue weighted by molar-refractivity contribution is 5.86. The molecule has 0 radical (unpaired) electrons. The number of benzene rings is 1. The Morgan fingerprint density at radius 1 is 1.29 bits per heavy atom. The molecule has 130 valence electrons. The van der Waals surface area contributed by atoms with Gasteiger partial charge in [0.25, 0.3) is 0 Å². The van der Waals surface area contributed by atoms with Crippen LogP contribution in [0.5, 0.6) is 5.75 Å². The predicted octanol–water partition coefficient (Wildman–Crippen LogP) is 2.73. The second kappa shape index (κ2) is 6.83. The van der Waals surface area contributed by atoms with E-state index < -0.39 is 12.0 Å². The molecule has 1 N–H and O–H groups in total. The van der Waals surface area contributed by atoms with Crippen LogP contribution in [0.25, 0.3) is 0 Å². The quantitative estimate of drug-likeness (QED) is 0.901. The molecule has 5 nitrogen and oxygen atoms in total. The Labute approximate surface area is 142 Å². The topological polar surface area (TPSA) is 66.8 Å². The summed E-state index contributed by atoms with van der Waals surface area (Å²) in [4.78, 5) is 26.1. The van der Waals surface area contributed by atoms with Crippen molar-refractivity contribution in [3.8, 4) is 5.75 Å². The zero-order valence-electron chi connectivity index (χ0n) is 14.3. The summed E-state index contributed by atoms with van der Waals surface area (Å²) in [5.41, 5.74) is 0.817. The van der Waals surface area contributed by atoms with Gasteiger partial charge in [-0.15, -0.1) is 0 Å². The van der Waals surface area contributed by atoms with Crippen molar-refractivity contribution < 1.29 is 19.4 Å². The SMILES string of the molecule is CC(C)Oc1ccccc1CC(=O)N1CC2CCCC2C1C(=O)O. The van der Waals surface area contributed by atoms with E-state index in [-0.39, 0.29) is 24.3 Å². The number of ether oxygens (including phenoxy) is 1. The Morgan fingerprint density at radius 2 is 2.04 bits per heavy atom. The van der Waals surface area contributed by atoms with Crippen LogP contribution in [0.4, 0.5) is 0 Å². The molecule has 1 aliphatic heterocycles. The van der Waals surface area contributed by atoms with Gasteiger partial charge in [-0.25, -0.2) is 4.79 Å². The molecule has 3 unspecified atom stereocenters. The molecule has 1 saturated carbocycles. The van der Waals surface area contributed by atoms with Crippen LogP contribution < -0.4 is 4.74 Å². The second-order valence-corrected chi connectivity index (χ2v) is 7.14. The number of carbonyl (C=O) groups excluding carboxylic acids is 1. The molecule has 24 heavy (non-hydrogen) atoms. The zero-order valence-corrected chi connectivity index (χ0v) is 14.3. The lowest BCUT2D eigenvalue weighted by atomic mass is 9.94. The maximum atomic E-state index is 12.8. The average Bonchev–Trinajstić information content (AvgIpc) is 3.08. The largest absolute Gasteiger partial charge is 0.491 e. The molecule has 5 heteroatoms. The van der Waals surface area contributed by atoms with Crippen LogP contribution in [0.15, 0.2) is 24.3 Å². The van der Waals surface area contributed by atoms with E-state index in [1.165, 1.54) is 0 Å². The van der Waals surface area contributed by atoms with Gasteiger partial charge >= 0.3 is 5.97 Å². The van der Waals surface area contributed by atoms with E-state index in [0.29, 0.717) is 18.2 Å². The lowest BCUT2D eigenvalue weighted by Crippen LogP contribution is -2.44. The summed E-state index contributed by atoms with van der Waals surface area (Å²) in [6.45, 7) is 4.47. The molecule has 3 atom stereocenters. The van der Waals surface area contributed by atoms with Crippen LogP contribution in [0.1, 0.15) is 38.7 Å². The van der Waals surface area contributed by atoms with E-state index in [0.717, 1.165) is 24.8 Å². The maximum absolute atomic E-state index is 12.8. The number of hydrogen-bond donors (Lipinski definition) is 1. The number of amides is 1. The van der Waals surface area contributed by atoms with Crippen molar-refractivity contribution in [1.29, 1.82) is 0 Å². The first-order chi connectivity index (χ1) is 11.5. The van der Waals surface area contributed by atoms with Crippen LogP contribution in [-0.2, 0) is 16.0 Å². The molecule has 1 heterocycles. The molecule has 0 aromatic heterocycles. The van der Waals surface area contributed by atoms with Crippen molar-refractivity contribution in [1.82, 2.24) is 4.90 Å². The number of likely N-dealkylation sites (tertiary alicyclic amines) is 1. The van der Waals surface area contributed by atoms with Gasteiger partial charge in [0.1, 0.15) is 11.8 Å². The summed E-state index contributed by atoms with van der Waals surface area (Å²) >= 11 is 0. The lowest BCUT2D eigenvalue weighted by Gasteiger charge is -2.25. The molecule has 1 amide bonds. The third kappa shape index (κ3) is 3.25. The summed E-state index contributed by atoms with van der Waals surface area (Å²) in [7, 11) is 0. The van der Waals surface area contributed by atoms with Crippen molar-refractivity contribution in [3.05, 3.63) is 29.8 Å². The molecule has 0 spiro atoms. The highest BCUT2D eigenvalue weighted by atomic mass is 16.5. The third-order valence-corrected chi connectivity index (χ3v) is 5.14. The number of para-hydroxylation sites is 1. The average molecular weight is 331 g/mol. The third-order valence-electron chi connectivity index (χ3n) is 5.14. The molecule has 1 aromatic carbocycles. The van der Waals surface area contributed by atoms with Crippen molar-refractivity contribution in [2.24, 2.45) is 11.8 Å². The summed E-state index contributed by atoms with van der Waals surface area (Å²) in [6, 6.07) is 6.83. The molecule has 0 bridgehead atoms. The summed E-state index contributed by atoms with van der Waals surface area (Å²) in [5.74, 6) is 0.180. The van der Waals surface area contributed by atoms with Gasteiger partial charge in [-0.2, -0.15) is 0 Å². The van der Waals surface area contributed by atoms with Crippen LogP contribution >= 0.6 is 0 Å². The second-order valence-electron chi connectivity index (χ2n) is 7.14. The van der Waals surface area contributed by atoms with Crippen molar-refractivity contribution in [2.45, 2.75) is 51.7 Å². The van der Waals surface area contributed by atoms with Crippen LogP contribution in [0, 0.1) is 11.8 Å². The number of carboxylic acid groups (broad SMARTS) is 1. The van der Waals surface area contributed by atoms with Crippen LogP contribution in [-0.4, -0.2) is 40.6 Å². The Balaban J connectivity index is 1.76. The normalized spacial score (nSPS) is 25.8. The van der Waals surface area contributed by atoms with E-state index in [4.69, 9.17) is 4.74 Å². The van der Waals surface area contributed by atoms with Gasteiger partial charge in [0.05, 0.1) is 12.5 Å². The van der Waals surface area contributed by atoms with E-state index >= 15 is 0 Å². The number of carbonyl (C=O) groups is 2. The van der Waals surface area contributed by atoms with Crippen LogP contribution in [0.2, 0.25) is 0 Å². The Hall–Kier alpha value is -2.04. The van der Waals surface area contributed by atoms with Gasteiger partial charge in [0.15, 0.2) is 0 Å². The first kappa shape index (κ1) is 16.8. The van der Waals surface area contributed by atoms with Gasteiger partial charge < -0.3 is 14.7 Å². The number of aliphatic carboxylic acids is 1. The number of rotatable bonds is 5. The highest BCUT2D eigenvalue weighted by Gasteiger charge is 2.49. The molecule has 1 aromatic rings. The van der Waals surface area contributed by atoms with Crippen molar-refractivity contribution in [2.75, 3.05) is 6.54 Å². The smallest absolute Gasteiger partial charge is 0.326 e. The standard InChI is InChI=1S/C19H25NO4/c1-12(2)24-16-9-4-3-6-13(16)10-17(21)20-11-14-7-5-8-15(14)18(20)19(22)23/h3-4,6,9,12,14-15,18H,5,7-8,10-11H2,1-2H3,(H,22,23). The summed E-state index contributed by atoms with van der Waals surface area (Å²) in [5, 5.41) is 9.60. The number of carboxylic acids is 1. The molecule has 3 rings (SSSR count). The fraction of sp³-hybridized carbons (Fsp3) is 0.579. The zero-order chi connectivity index (χ0) is 17.3. The van der Waals surface area contributed by atoms with Crippen LogP contribution in [0.3, 0.4) is 0 Å². The predicted molar refractivity (Wildman–Crippen MR) is 89.9 cm³/mol. The number of fused-ring (bicyclic) bond motifs is 1. The Morgan fingerprint density at radius 3 is 2.75 bits per heavy atom. The molecular weight excluding hydrogens is 306 g/mol. The highest BCUT2D eigenvalue weighted by Crippen LogP contribution is 2.42. The number of nitrogens with zero attached hydrogens (tertiary/aromatic N) is 1. The van der Waals surface area contributed by atoms with E-state index in [9.17, 15) is 14.7 Å². The molecule has 2 aliphatic rings. The van der Waals surface area contributed by atoms with E-state index in [1.807, 2.05) is 38.1 Å². The first-order valence-electron chi connectivity index (χ1n) is 8.74. The molecule has 1 saturated heterocycles. The van der Waals surface area contributed by atoms with E-state index in [1.54, 1.807) is 4.90 Å². The summed E-state index contributed by atoms with van der Waals surface area (Å²) < 4.78 is 5.77. The Kier molecular flexibility index (Phi) is 4.78. The first-order valence-corrected chi connectivity index (χ1v) is 8.74. The van der Waals surface area contributed by atoms with Gasteiger partial charge in [-0.3, -0.25) is 4.79 Å². The lowest BCUT2D eigenvalue weighted by molar-refractivity contribution is -0.149. The van der Waals surface area contributed by atoms with Gasteiger partial charge in [-0.05, 0) is 44.6 Å².